The van der Waals surface area contributed by atoms with Crippen LogP contribution in [-0.2, 0) is 6.42 Å². The number of aliphatic hydroxyl groups is 1. The first kappa shape index (κ1) is 11.2. The molecule has 0 spiro atoms. The number of hydrogen-bond acceptors (Lipinski definition) is 2. The second-order valence-corrected chi connectivity index (χ2v) is 5.78. The lowest BCUT2D eigenvalue weighted by Crippen LogP contribution is -2.44. The monoisotopic (exact) mass is 231 g/mol. The zero-order chi connectivity index (χ0) is 11.9. The minimum atomic E-state index is -0.502. The van der Waals surface area contributed by atoms with Gasteiger partial charge in [0.1, 0.15) is 0 Å². The highest BCUT2D eigenvalue weighted by atomic mass is 16.3. The number of rotatable bonds is 1. The fourth-order valence-electron chi connectivity index (χ4n) is 3.77. The van der Waals surface area contributed by atoms with Crippen molar-refractivity contribution in [3.05, 3.63) is 29.6 Å². The molecule has 0 radical (unpaired) electrons. The summed E-state index contributed by atoms with van der Waals surface area (Å²) in [6.07, 6.45) is 8.58. The molecule has 1 fully saturated rings. The summed E-state index contributed by atoms with van der Waals surface area (Å²) in [5, 5.41) is 11.0. The number of hydrogen-bond donors (Lipinski definition) is 1. The summed E-state index contributed by atoms with van der Waals surface area (Å²) in [4.78, 5) is 4.54. The Kier molecular flexibility index (Phi) is 2.70. The van der Waals surface area contributed by atoms with Crippen LogP contribution in [0.5, 0.6) is 0 Å². The van der Waals surface area contributed by atoms with Crippen LogP contribution in [0.3, 0.4) is 0 Å². The quantitative estimate of drug-likeness (QED) is 0.806. The van der Waals surface area contributed by atoms with E-state index in [1.165, 1.54) is 24.1 Å². The van der Waals surface area contributed by atoms with Gasteiger partial charge in [0.2, 0.25) is 0 Å². The molecule has 1 heterocycles. The average Bonchev–Trinajstić information content (AvgIpc) is 2.77. The molecule has 3 unspecified atom stereocenters. The zero-order valence-electron chi connectivity index (χ0n) is 10.5. The van der Waals surface area contributed by atoms with E-state index in [-0.39, 0.29) is 5.92 Å². The van der Waals surface area contributed by atoms with Gasteiger partial charge < -0.3 is 5.11 Å². The van der Waals surface area contributed by atoms with Gasteiger partial charge in [0, 0.05) is 17.8 Å². The lowest BCUT2D eigenvalue weighted by Gasteiger charge is -2.42. The van der Waals surface area contributed by atoms with Crippen molar-refractivity contribution in [1.29, 1.82) is 0 Å². The smallest absolute Gasteiger partial charge is 0.0756 e. The highest BCUT2D eigenvalue weighted by Gasteiger charge is 2.46. The summed E-state index contributed by atoms with van der Waals surface area (Å²) in [5.74, 6) is 0.684. The van der Waals surface area contributed by atoms with Crippen LogP contribution in [0.1, 0.15) is 56.2 Å². The van der Waals surface area contributed by atoms with Crippen LogP contribution in [0.25, 0.3) is 0 Å². The second-order valence-electron chi connectivity index (χ2n) is 5.78. The molecule has 1 N–H and O–H groups in total. The van der Waals surface area contributed by atoms with Crippen LogP contribution in [0.4, 0.5) is 0 Å². The minimum Gasteiger partial charge on any atom is -0.389 e. The third-order valence-corrected chi connectivity index (χ3v) is 4.88. The van der Waals surface area contributed by atoms with Crippen LogP contribution < -0.4 is 0 Å². The van der Waals surface area contributed by atoms with Gasteiger partial charge in [-0.15, -0.1) is 0 Å². The third-order valence-electron chi connectivity index (χ3n) is 4.88. The van der Waals surface area contributed by atoms with Gasteiger partial charge in [-0.05, 0) is 43.2 Å². The van der Waals surface area contributed by atoms with Gasteiger partial charge in [-0.25, -0.2) is 0 Å². The average molecular weight is 231 g/mol. The van der Waals surface area contributed by atoms with Crippen LogP contribution in [0.2, 0.25) is 0 Å². The molecule has 1 aromatic rings. The molecule has 0 aliphatic heterocycles. The number of fused-ring (bicyclic) bond motifs is 1. The van der Waals surface area contributed by atoms with Crippen molar-refractivity contribution in [1.82, 2.24) is 4.98 Å². The zero-order valence-corrected chi connectivity index (χ0v) is 10.5. The van der Waals surface area contributed by atoms with Gasteiger partial charge in [-0.3, -0.25) is 4.98 Å². The van der Waals surface area contributed by atoms with E-state index in [0.29, 0.717) is 5.92 Å². The predicted octanol–water partition coefficient (Wildman–Crippen LogP) is 3.05. The normalized spacial score (nSPS) is 36.8. The van der Waals surface area contributed by atoms with E-state index in [0.717, 1.165) is 25.7 Å². The van der Waals surface area contributed by atoms with Crippen molar-refractivity contribution in [3.63, 3.8) is 0 Å². The Bertz CT molecular complexity index is 417. The molecular weight excluding hydrogens is 210 g/mol. The van der Waals surface area contributed by atoms with Crippen LogP contribution in [0, 0.1) is 5.92 Å². The Balaban J connectivity index is 1.95. The fourth-order valence-corrected chi connectivity index (χ4v) is 3.77. The lowest BCUT2D eigenvalue weighted by atomic mass is 9.68. The standard InChI is InChI=1S/C15H21NO/c1-11-5-2-3-9-15(11,17)13-8-7-12-6-4-10-16-14(12)13/h4,6,10-11,13,17H,2-3,5,7-9H2,1H3. The first-order chi connectivity index (χ1) is 8.22. The third kappa shape index (κ3) is 1.70. The van der Waals surface area contributed by atoms with Crippen molar-refractivity contribution >= 4 is 0 Å². The Hall–Kier alpha value is -0.890. The van der Waals surface area contributed by atoms with E-state index in [1.54, 1.807) is 0 Å². The number of pyridine rings is 1. The predicted molar refractivity (Wildman–Crippen MR) is 67.9 cm³/mol. The van der Waals surface area contributed by atoms with Gasteiger partial charge in [0.15, 0.2) is 0 Å². The Morgan fingerprint density at radius 2 is 2.24 bits per heavy atom. The van der Waals surface area contributed by atoms with E-state index in [4.69, 9.17) is 0 Å². The Labute approximate surface area is 103 Å². The molecule has 0 bridgehead atoms. The molecule has 2 heteroatoms. The molecule has 3 atom stereocenters. The number of nitrogens with zero attached hydrogens (tertiary/aromatic N) is 1. The van der Waals surface area contributed by atoms with Crippen molar-refractivity contribution in [2.24, 2.45) is 5.92 Å². The van der Waals surface area contributed by atoms with E-state index < -0.39 is 5.60 Å². The lowest BCUT2D eigenvalue weighted by molar-refractivity contribution is -0.0645. The van der Waals surface area contributed by atoms with E-state index in [2.05, 4.69) is 18.0 Å². The summed E-state index contributed by atoms with van der Waals surface area (Å²) in [5.41, 5.74) is 2.02. The molecule has 0 aromatic carbocycles. The molecule has 92 valence electrons. The first-order valence-electron chi connectivity index (χ1n) is 6.88. The molecule has 0 saturated heterocycles. The molecule has 3 rings (SSSR count). The van der Waals surface area contributed by atoms with Crippen molar-refractivity contribution in [2.45, 2.75) is 57.0 Å². The van der Waals surface area contributed by atoms with Gasteiger partial charge >= 0.3 is 0 Å². The maximum absolute atomic E-state index is 11.0. The van der Waals surface area contributed by atoms with Crippen LogP contribution >= 0.6 is 0 Å². The fraction of sp³-hybridized carbons (Fsp3) is 0.667. The Morgan fingerprint density at radius 3 is 3.06 bits per heavy atom. The summed E-state index contributed by atoms with van der Waals surface area (Å²) in [6.45, 7) is 2.21. The molecule has 17 heavy (non-hydrogen) atoms. The van der Waals surface area contributed by atoms with Crippen LogP contribution in [0.15, 0.2) is 18.3 Å². The SMILES string of the molecule is CC1CCCCC1(O)C1CCc2cccnc21. The van der Waals surface area contributed by atoms with Crippen LogP contribution in [-0.4, -0.2) is 15.7 Å². The van der Waals surface area contributed by atoms with Gasteiger partial charge in [0.05, 0.1) is 5.60 Å². The van der Waals surface area contributed by atoms with Gasteiger partial charge in [-0.2, -0.15) is 0 Å². The number of aromatic nitrogens is 1. The molecule has 2 aliphatic rings. The summed E-state index contributed by atoms with van der Waals surface area (Å²) in [6, 6.07) is 4.18. The van der Waals surface area contributed by atoms with E-state index >= 15 is 0 Å². The van der Waals surface area contributed by atoms with E-state index in [1.807, 2.05) is 12.3 Å². The molecule has 2 aliphatic carbocycles. The maximum Gasteiger partial charge on any atom is 0.0756 e. The van der Waals surface area contributed by atoms with Crippen molar-refractivity contribution in [2.75, 3.05) is 0 Å². The van der Waals surface area contributed by atoms with Gasteiger partial charge in [0.25, 0.3) is 0 Å². The second kappa shape index (κ2) is 4.09. The number of aryl methyl sites for hydroxylation is 1. The molecule has 1 saturated carbocycles. The van der Waals surface area contributed by atoms with E-state index in [9.17, 15) is 5.11 Å². The molecule has 2 nitrogen and oxygen atoms in total. The van der Waals surface area contributed by atoms with Crippen molar-refractivity contribution in [3.8, 4) is 0 Å². The maximum atomic E-state index is 11.0. The summed E-state index contributed by atoms with van der Waals surface area (Å²) in [7, 11) is 0. The summed E-state index contributed by atoms with van der Waals surface area (Å²) < 4.78 is 0. The largest absolute Gasteiger partial charge is 0.389 e. The Morgan fingerprint density at radius 1 is 1.35 bits per heavy atom. The highest BCUT2D eigenvalue weighted by molar-refractivity contribution is 5.31. The highest BCUT2D eigenvalue weighted by Crippen LogP contribution is 2.48. The summed E-state index contributed by atoms with van der Waals surface area (Å²) >= 11 is 0. The van der Waals surface area contributed by atoms with Crippen molar-refractivity contribution < 1.29 is 5.11 Å². The topological polar surface area (TPSA) is 33.1 Å². The molecule has 0 amide bonds. The van der Waals surface area contributed by atoms with Gasteiger partial charge in [-0.1, -0.05) is 25.8 Å². The molecular formula is C15H21NO. The molecule has 1 aromatic heterocycles. The minimum absolute atomic E-state index is 0.272. The first-order valence-corrected chi connectivity index (χ1v) is 6.88.